The third kappa shape index (κ3) is 3.61. The van der Waals surface area contributed by atoms with Crippen molar-refractivity contribution in [1.29, 1.82) is 0 Å². The second-order valence-electron chi connectivity index (χ2n) is 6.75. The first kappa shape index (κ1) is 19.8. The van der Waals surface area contributed by atoms with Crippen molar-refractivity contribution < 1.29 is 34.0 Å². The molecule has 1 aromatic heterocycles. The first-order valence-electron chi connectivity index (χ1n) is 8.90. The Bertz CT molecular complexity index is 1110. The molecule has 10 heteroatoms. The van der Waals surface area contributed by atoms with Crippen molar-refractivity contribution in [3.05, 3.63) is 40.1 Å². The third-order valence-electron chi connectivity index (χ3n) is 4.80. The number of rotatable bonds is 4. The van der Waals surface area contributed by atoms with Crippen LogP contribution in [0.1, 0.15) is 6.92 Å². The number of carbonyl (C=O) groups excluding carboxylic acids is 1. The van der Waals surface area contributed by atoms with Crippen LogP contribution in [0.4, 0.5) is 0 Å². The van der Waals surface area contributed by atoms with Gasteiger partial charge in [-0.05, 0) is 0 Å². The van der Waals surface area contributed by atoms with Crippen molar-refractivity contribution in [2.75, 3.05) is 6.61 Å². The average Bonchev–Trinajstić information content (AvgIpc) is 3.07. The van der Waals surface area contributed by atoms with Crippen molar-refractivity contribution in [1.82, 2.24) is 5.32 Å². The molecule has 1 aliphatic rings. The fraction of sp³-hybridized carbons (Fsp3) is 0.368. The molecule has 0 radical (unpaired) electrons. The maximum atomic E-state index is 11.7. The summed E-state index contributed by atoms with van der Waals surface area (Å²) in [4.78, 5) is 22.9. The van der Waals surface area contributed by atoms with Crippen molar-refractivity contribution in [3.8, 4) is 5.75 Å². The fourth-order valence-electron chi connectivity index (χ4n) is 3.46. The molecule has 1 aliphatic heterocycles. The summed E-state index contributed by atoms with van der Waals surface area (Å²) in [5.41, 5.74) is 0.439. The number of hydrogen-bond acceptors (Lipinski definition) is 9. The van der Waals surface area contributed by atoms with Crippen LogP contribution in [0.3, 0.4) is 0 Å². The fourth-order valence-corrected chi connectivity index (χ4v) is 4.17. The molecule has 2 aromatic carbocycles. The quantitative estimate of drug-likeness (QED) is 0.473. The van der Waals surface area contributed by atoms with Gasteiger partial charge < -0.3 is 34.5 Å². The third-order valence-corrected chi connectivity index (χ3v) is 5.57. The summed E-state index contributed by atoms with van der Waals surface area (Å²) in [7, 11) is 0. The molecule has 29 heavy (non-hydrogen) atoms. The number of benzene rings is 2. The van der Waals surface area contributed by atoms with Crippen LogP contribution in [-0.4, -0.2) is 58.5 Å². The van der Waals surface area contributed by atoms with Crippen LogP contribution in [0, 0.1) is 0 Å². The molecule has 1 saturated heterocycles. The SMILES string of the molecule is CC(=O)N[C@@H]1[C@@H](Oc2cc3sc(=O)oc3c3ccccc23)O[C@H](CO)[C@H](O)[C@@H]1O. The zero-order valence-corrected chi connectivity index (χ0v) is 16.1. The Hall–Kier alpha value is -2.50. The predicted octanol–water partition coefficient (Wildman–Crippen LogP) is 0.330. The number of carbonyl (C=O) groups is 1. The van der Waals surface area contributed by atoms with Gasteiger partial charge in [-0.25, -0.2) is 4.79 Å². The van der Waals surface area contributed by atoms with Gasteiger partial charge in [-0.15, -0.1) is 0 Å². The van der Waals surface area contributed by atoms with E-state index in [-0.39, 0.29) is 0 Å². The van der Waals surface area contributed by atoms with Gasteiger partial charge in [0.1, 0.15) is 30.1 Å². The predicted molar refractivity (Wildman–Crippen MR) is 104 cm³/mol. The number of hydrogen-bond donors (Lipinski definition) is 4. The Kier molecular flexibility index (Phi) is 5.28. The molecule has 1 fully saturated rings. The van der Waals surface area contributed by atoms with Crippen LogP contribution >= 0.6 is 11.3 Å². The second-order valence-corrected chi connectivity index (χ2v) is 7.73. The molecule has 0 saturated carbocycles. The number of aliphatic hydroxyl groups excluding tert-OH is 3. The van der Waals surface area contributed by atoms with E-state index in [4.69, 9.17) is 13.9 Å². The van der Waals surface area contributed by atoms with E-state index in [1.54, 1.807) is 30.3 Å². The lowest BCUT2D eigenvalue weighted by molar-refractivity contribution is -0.244. The molecule has 2 heterocycles. The van der Waals surface area contributed by atoms with Gasteiger partial charge in [0, 0.05) is 23.8 Å². The van der Waals surface area contributed by atoms with Crippen LogP contribution in [0.2, 0.25) is 0 Å². The zero-order chi connectivity index (χ0) is 20.7. The van der Waals surface area contributed by atoms with Gasteiger partial charge in [-0.1, -0.05) is 35.6 Å². The van der Waals surface area contributed by atoms with Crippen LogP contribution in [-0.2, 0) is 9.53 Å². The number of aliphatic hydroxyl groups is 3. The van der Waals surface area contributed by atoms with E-state index < -0.39 is 48.1 Å². The van der Waals surface area contributed by atoms with Crippen LogP contribution in [0.15, 0.2) is 39.5 Å². The molecule has 4 N–H and O–H groups in total. The average molecular weight is 421 g/mol. The molecular weight excluding hydrogens is 402 g/mol. The van der Waals surface area contributed by atoms with E-state index in [0.29, 0.717) is 26.8 Å². The van der Waals surface area contributed by atoms with Crippen LogP contribution in [0.5, 0.6) is 5.75 Å². The normalized spacial score (nSPS) is 27.2. The molecule has 0 aliphatic carbocycles. The summed E-state index contributed by atoms with van der Waals surface area (Å²) in [5, 5.41) is 33.8. The number of ether oxygens (including phenoxy) is 2. The van der Waals surface area contributed by atoms with E-state index in [9.17, 15) is 24.9 Å². The van der Waals surface area contributed by atoms with Crippen molar-refractivity contribution in [2.24, 2.45) is 0 Å². The Labute approximate surface area is 168 Å². The molecule has 5 atom stereocenters. The van der Waals surface area contributed by atoms with Crippen molar-refractivity contribution in [2.45, 2.75) is 37.6 Å². The van der Waals surface area contributed by atoms with Crippen LogP contribution < -0.4 is 15.0 Å². The summed E-state index contributed by atoms with van der Waals surface area (Å²) >= 11 is 0.918. The van der Waals surface area contributed by atoms with E-state index in [1.807, 2.05) is 0 Å². The molecule has 0 unspecified atom stereocenters. The summed E-state index contributed by atoms with van der Waals surface area (Å²) in [6.45, 7) is 0.715. The van der Waals surface area contributed by atoms with Crippen LogP contribution in [0.25, 0.3) is 21.1 Å². The highest BCUT2D eigenvalue weighted by molar-refractivity contribution is 7.16. The molecule has 1 amide bonds. The molecule has 9 nitrogen and oxygen atoms in total. The lowest BCUT2D eigenvalue weighted by Crippen LogP contribution is -2.65. The highest BCUT2D eigenvalue weighted by Crippen LogP contribution is 2.36. The highest BCUT2D eigenvalue weighted by atomic mass is 32.1. The minimum absolute atomic E-state index is 0.339. The molecular formula is C19H19NO8S. The minimum Gasteiger partial charge on any atom is -0.462 e. The number of fused-ring (bicyclic) bond motifs is 3. The minimum atomic E-state index is -1.42. The lowest BCUT2D eigenvalue weighted by atomic mass is 9.97. The first-order chi connectivity index (χ1) is 13.9. The monoisotopic (exact) mass is 421 g/mol. The summed E-state index contributed by atoms with van der Waals surface area (Å²) in [6, 6.07) is 7.67. The zero-order valence-electron chi connectivity index (χ0n) is 15.3. The molecule has 0 spiro atoms. The lowest BCUT2D eigenvalue weighted by Gasteiger charge is -2.42. The molecule has 3 aromatic rings. The van der Waals surface area contributed by atoms with E-state index in [2.05, 4.69) is 5.32 Å². The van der Waals surface area contributed by atoms with Gasteiger partial charge in [0.05, 0.1) is 11.3 Å². The Morgan fingerprint density at radius 2 is 1.97 bits per heavy atom. The Morgan fingerprint density at radius 1 is 1.24 bits per heavy atom. The summed E-state index contributed by atoms with van der Waals surface area (Å²) in [5.74, 6) is -0.111. The maximum absolute atomic E-state index is 11.7. The maximum Gasteiger partial charge on any atom is 0.396 e. The molecule has 4 rings (SSSR count). The largest absolute Gasteiger partial charge is 0.462 e. The smallest absolute Gasteiger partial charge is 0.396 e. The highest BCUT2D eigenvalue weighted by Gasteiger charge is 2.46. The van der Waals surface area contributed by atoms with Gasteiger partial charge in [-0.2, -0.15) is 0 Å². The van der Waals surface area contributed by atoms with Gasteiger partial charge in [0.15, 0.2) is 5.58 Å². The van der Waals surface area contributed by atoms with Gasteiger partial charge in [-0.3, -0.25) is 4.79 Å². The van der Waals surface area contributed by atoms with Gasteiger partial charge in [0.25, 0.3) is 0 Å². The van der Waals surface area contributed by atoms with Crippen molar-refractivity contribution >= 4 is 38.3 Å². The van der Waals surface area contributed by atoms with E-state index in [1.165, 1.54) is 6.92 Å². The Balaban J connectivity index is 1.78. The first-order valence-corrected chi connectivity index (χ1v) is 9.72. The number of amides is 1. The molecule has 0 bridgehead atoms. The second kappa shape index (κ2) is 7.73. The summed E-state index contributed by atoms with van der Waals surface area (Å²) < 4.78 is 17.5. The Morgan fingerprint density at radius 3 is 2.66 bits per heavy atom. The van der Waals surface area contributed by atoms with E-state index >= 15 is 0 Å². The standard InChI is InChI=1S/C19H19NO8S/c1-8(22)20-14-16(24)15(23)12(7-21)27-18(14)26-11-6-13-17(28-19(25)29-13)10-5-3-2-4-9(10)11/h2-6,12,14-16,18,21,23-24H,7H2,1H3,(H,20,22)/t12-,14+,15+,16-,18+/m1/s1. The van der Waals surface area contributed by atoms with Crippen molar-refractivity contribution in [3.63, 3.8) is 0 Å². The van der Waals surface area contributed by atoms with Gasteiger partial charge >= 0.3 is 4.94 Å². The topological polar surface area (TPSA) is 138 Å². The van der Waals surface area contributed by atoms with Gasteiger partial charge in [0.2, 0.25) is 12.2 Å². The van der Waals surface area contributed by atoms with E-state index in [0.717, 1.165) is 11.3 Å². The summed E-state index contributed by atoms with van der Waals surface area (Å²) in [6.07, 6.45) is -5.12. The number of nitrogens with one attached hydrogen (secondary N) is 1. The molecule has 154 valence electrons.